The third-order valence-electron chi connectivity index (χ3n) is 4.41. The summed E-state index contributed by atoms with van der Waals surface area (Å²) in [5.41, 5.74) is 0. The van der Waals surface area contributed by atoms with Gasteiger partial charge in [0.1, 0.15) is 0 Å². The second-order valence-electron chi connectivity index (χ2n) is 7.22. The van der Waals surface area contributed by atoms with Crippen molar-refractivity contribution in [3.05, 3.63) is 0 Å². The molecule has 0 heterocycles. The van der Waals surface area contributed by atoms with Crippen LogP contribution in [0.5, 0.6) is 0 Å². The SMILES string of the molecule is CC(C)CC(CN(C)C)NC1CCC(C)C(C)C1. The van der Waals surface area contributed by atoms with E-state index in [1.807, 2.05) is 0 Å². The fraction of sp³-hybridized carbons (Fsp3) is 1.00. The lowest BCUT2D eigenvalue weighted by Crippen LogP contribution is -2.47. The van der Waals surface area contributed by atoms with Gasteiger partial charge in [-0.25, -0.2) is 0 Å². The molecule has 1 N–H and O–H groups in total. The fourth-order valence-electron chi connectivity index (χ4n) is 3.24. The van der Waals surface area contributed by atoms with Crippen molar-refractivity contribution >= 4 is 0 Å². The lowest BCUT2D eigenvalue weighted by molar-refractivity contribution is 0.196. The maximum absolute atomic E-state index is 3.93. The molecule has 4 atom stereocenters. The average Bonchev–Trinajstić information content (AvgIpc) is 2.21. The molecule has 1 aliphatic rings. The van der Waals surface area contributed by atoms with Gasteiger partial charge in [-0.1, -0.05) is 27.7 Å². The predicted molar refractivity (Wildman–Crippen MR) is 80.9 cm³/mol. The maximum Gasteiger partial charge on any atom is 0.0199 e. The number of hydrogen-bond acceptors (Lipinski definition) is 2. The summed E-state index contributed by atoms with van der Waals surface area (Å²) in [5, 5.41) is 3.93. The first-order valence-corrected chi connectivity index (χ1v) is 7.79. The quantitative estimate of drug-likeness (QED) is 0.782. The molecule has 0 spiro atoms. The first kappa shape index (κ1) is 16.0. The summed E-state index contributed by atoms with van der Waals surface area (Å²) in [6, 6.07) is 1.41. The summed E-state index contributed by atoms with van der Waals surface area (Å²) in [6.07, 6.45) is 5.42. The number of nitrogens with one attached hydrogen (secondary N) is 1. The third kappa shape index (κ3) is 5.71. The normalized spacial score (nSPS) is 31.0. The molecular formula is C16H34N2. The molecule has 0 aromatic carbocycles. The van der Waals surface area contributed by atoms with Gasteiger partial charge < -0.3 is 10.2 Å². The van der Waals surface area contributed by atoms with E-state index in [4.69, 9.17) is 0 Å². The van der Waals surface area contributed by atoms with Gasteiger partial charge in [0.05, 0.1) is 0 Å². The van der Waals surface area contributed by atoms with Crippen molar-refractivity contribution in [2.75, 3.05) is 20.6 Å². The topological polar surface area (TPSA) is 15.3 Å². The van der Waals surface area contributed by atoms with Crippen LogP contribution in [0.3, 0.4) is 0 Å². The molecule has 4 unspecified atom stereocenters. The Morgan fingerprint density at radius 2 is 1.78 bits per heavy atom. The van der Waals surface area contributed by atoms with Gasteiger partial charge in [-0.05, 0) is 57.5 Å². The molecule has 108 valence electrons. The van der Waals surface area contributed by atoms with Gasteiger partial charge in [0.2, 0.25) is 0 Å². The summed E-state index contributed by atoms with van der Waals surface area (Å²) in [6.45, 7) is 10.7. The average molecular weight is 254 g/mol. The summed E-state index contributed by atoms with van der Waals surface area (Å²) in [7, 11) is 4.36. The Morgan fingerprint density at radius 1 is 1.11 bits per heavy atom. The smallest absolute Gasteiger partial charge is 0.0199 e. The molecule has 1 saturated carbocycles. The summed E-state index contributed by atoms with van der Waals surface area (Å²) < 4.78 is 0. The van der Waals surface area contributed by atoms with E-state index in [9.17, 15) is 0 Å². The highest BCUT2D eigenvalue weighted by Gasteiger charge is 2.26. The molecular weight excluding hydrogens is 220 g/mol. The van der Waals surface area contributed by atoms with E-state index in [1.54, 1.807) is 0 Å². The van der Waals surface area contributed by atoms with Crippen molar-refractivity contribution in [3.63, 3.8) is 0 Å². The van der Waals surface area contributed by atoms with E-state index < -0.39 is 0 Å². The van der Waals surface area contributed by atoms with Crippen molar-refractivity contribution in [2.45, 2.75) is 65.5 Å². The lowest BCUT2D eigenvalue weighted by Gasteiger charge is -2.36. The zero-order valence-electron chi connectivity index (χ0n) is 13.4. The van der Waals surface area contributed by atoms with Crippen LogP contribution in [-0.2, 0) is 0 Å². The van der Waals surface area contributed by atoms with Gasteiger partial charge in [-0.15, -0.1) is 0 Å². The molecule has 1 fully saturated rings. The second-order valence-corrected chi connectivity index (χ2v) is 7.22. The van der Waals surface area contributed by atoms with Crippen LogP contribution in [0.1, 0.15) is 53.4 Å². The van der Waals surface area contributed by atoms with Crippen LogP contribution >= 0.6 is 0 Å². The minimum atomic E-state index is 0.658. The molecule has 2 heteroatoms. The zero-order chi connectivity index (χ0) is 13.7. The molecule has 0 aromatic rings. The Morgan fingerprint density at radius 3 is 2.28 bits per heavy atom. The van der Waals surface area contributed by atoms with E-state index in [-0.39, 0.29) is 0 Å². The van der Waals surface area contributed by atoms with E-state index >= 15 is 0 Å². The monoisotopic (exact) mass is 254 g/mol. The maximum atomic E-state index is 3.93. The van der Waals surface area contributed by atoms with Gasteiger partial charge >= 0.3 is 0 Å². The lowest BCUT2D eigenvalue weighted by atomic mass is 9.79. The van der Waals surface area contributed by atoms with Gasteiger partial charge in [-0.2, -0.15) is 0 Å². The highest BCUT2D eigenvalue weighted by atomic mass is 15.1. The van der Waals surface area contributed by atoms with Crippen molar-refractivity contribution in [3.8, 4) is 0 Å². The number of likely N-dealkylation sites (N-methyl/N-ethyl adjacent to an activating group) is 1. The van der Waals surface area contributed by atoms with Gasteiger partial charge in [-0.3, -0.25) is 0 Å². The van der Waals surface area contributed by atoms with E-state index in [2.05, 4.69) is 52.0 Å². The molecule has 2 nitrogen and oxygen atoms in total. The zero-order valence-corrected chi connectivity index (χ0v) is 13.4. The predicted octanol–water partition coefficient (Wildman–Crippen LogP) is 3.38. The molecule has 0 radical (unpaired) electrons. The molecule has 0 saturated heterocycles. The molecule has 0 amide bonds. The van der Waals surface area contributed by atoms with Crippen molar-refractivity contribution in [1.82, 2.24) is 10.2 Å². The minimum absolute atomic E-state index is 0.658. The minimum Gasteiger partial charge on any atom is -0.310 e. The van der Waals surface area contributed by atoms with Crippen LogP contribution in [0, 0.1) is 17.8 Å². The molecule has 1 aliphatic carbocycles. The second kappa shape index (κ2) is 7.49. The Hall–Kier alpha value is -0.0800. The molecule has 0 aromatic heterocycles. The molecule has 0 bridgehead atoms. The first-order valence-electron chi connectivity index (χ1n) is 7.79. The van der Waals surface area contributed by atoms with Crippen LogP contribution in [-0.4, -0.2) is 37.6 Å². The standard InChI is InChI=1S/C16H34N2/c1-12(2)9-16(11-18(5)6)17-15-8-7-13(3)14(4)10-15/h12-17H,7-11H2,1-6H3. The fourth-order valence-corrected chi connectivity index (χ4v) is 3.24. The Bertz CT molecular complexity index is 215. The van der Waals surface area contributed by atoms with E-state index in [0.29, 0.717) is 6.04 Å². The number of rotatable bonds is 6. The first-order chi connectivity index (χ1) is 8.38. The van der Waals surface area contributed by atoms with Crippen LogP contribution in [0.25, 0.3) is 0 Å². The van der Waals surface area contributed by atoms with Crippen molar-refractivity contribution in [2.24, 2.45) is 17.8 Å². The number of hydrogen-bond donors (Lipinski definition) is 1. The Balaban J connectivity index is 2.44. The van der Waals surface area contributed by atoms with Crippen LogP contribution in [0.15, 0.2) is 0 Å². The van der Waals surface area contributed by atoms with Crippen molar-refractivity contribution < 1.29 is 0 Å². The van der Waals surface area contributed by atoms with Crippen molar-refractivity contribution in [1.29, 1.82) is 0 Å². The van der Waals surface area contributed by atoms with Crippen LogP contribution in [0.4, 0.5) is 0 Å². The van der Waals surface area contributed by atoms with E-state index in [1.165, 1.54) is 32.2 Å². The highest BCUT2D eigenvalue weighted by Crippen LogP contribution is 2.29. The van der Waals surface area contributed by atoms with E-state index in [0.717, 1.165) is 23.8 Å². The third-order valence-corrected chi connectivity index (χ3v) is 4.41. The summed E-state index contributed by atoms with van der Waals surface area (Å²) >= 11 is 0. The van der Waals surface area contributed by atoms with Gasteiger partial charge in [0, 0.05) is 18.6 Å². The highest BCUT2D eigenvalue weighted by molar-refractivity contribution is 4.83. The molecule has 18 heavy (non-hydrogen) atoms. The van der Waals surface area contributed by atoms with Crippen LogP contribution in [0.2, 0.25) is 0 Å². The largest absolute Gasteiger partial charge is 0.310 e. The summed E-state index contributed by atoms with van der Waals surface area (Å²) in [5.74, 6) is 2.58. The Labute approximate surface area is 115 Å². The number of nitrogens with zero attached hydrogens (tertiary/aromatic N) is 1. The van der Waals surface area contributed by atoms with Crippen LogP contribution < -0.4 is 5.32 Å². The Kier molecular flexibility index (Phi) is 6.65. The van der Waals surface area contributed by atoms with Gasteiger partial charge in [0.15, 0.2) is 0 Å². The van der Waals surface area contributed by atoms with Gasteiger partial charge in [0.25, 0.3) is 0 Å². The molecule has 0 aliphatic heterocycles. The molecule has 1 rings (SSSR count). The summed E-state index contributed by atoms with van der Waals surface area (Å²) in [4.78, 5) is 2.31.